The van der Waals surface area contributed by atoms with E-state index < -0.39 is 0 Å². The summed E-state index contributed by atoms with van der Waals surface area (Å²) in [5, 5.41) is 0. The van der Waals surface area contributed by atoms with Crippen LogP contribution in [0.15, 0.2) is 146 Å². The van der Waals surface area contributed by atoms with Crippen molar-refractivity contribution in [2.24, 2.45) is 0 Å². The smallest absolute Gasteiger partial charge is 0.0111 e. The zero-order valence-corrected chi connectivity index (χ0v) is 22.4. The summed E-state index contributed by atoms with van der Waals surface area (Å²) >= 11 is 0. The van der Waals surface area contributed by atoms with Crippen LogP contribution < -0.4 is 0 Å². The van der Waals surface area contributed by atoms with Crippen molar-refractivity contribution in [3.8, 4) is 33.4 Å². The van der Waals surface area contributed by atoms with E-state index in [-0.39, 0.29) is 0 Å². The van der Waals surface area contributed by atoms with E-state index in [4.69, 9.17) is 0 Å². The van der Waals surface area contributed by atoms with Crippen LogP contribution in [0.5, 0.6) is 0 Å². The summed E-state index contributed by atoms with van der Waals surface area (Å²) in [6, 6.07) is 53.2. The van der Waals surface area contributed by atoms with E-state index in [0.29, 0.717) is 11.8 Å². The summed E-state index contributed by atoms with van der Waals surface area (Å²) in [7, 11) is 0. The zero-order chi connectivity index (χ0) is 26.5. The SMILES string of the molecule is c1ccc2c(c1)-c1ccccc1C2CC1c2ccccc2-c2ccccc21.c1ccc2c(c1)Cc1ccccc1-2. The van der Waals surface area contributed by atoms with Crippen LogP contribution in [0.3, 0.4) is 0 Å². The standard InChI is InChI=1S/C27H20.C13H10/c1-5-13-22-18(9-1)19-10-2-6-14-23(19)26(22)17-27-24-15-7-3-11-20(24)21-12-4-8-16-25(21)27;1-3-7-12-10(5-1)9-11-6-2-4-8-13(11)12/h1-16,26-27H,17H2;1-8H,9H2. The van der Waals surface area contributed by atoms with Crippen molar-refractivity contribution in [2.45, 2.75) is 24.7 Å². The Labute approximate surface area is 236 Å². The third kappa shape index (κ3) is 3.67. The number of rotatable bonds is 2. The Bertz CT molecular complexity index is 1650. The van der Waals surface area contributed by atoms with Crippen molar-refractivity contribution in [3.63, 3.8) is 0 Å². The van der Waals surface area contributed by atoms with Crippen LogP contribution in [-0.2, 0) is 6.42 Å². The maximum atomic E-state index is 2.33. The summed E-state index contributed by atoms with van der Waals surface area (Å²) in [5.74, 6) is 0.920. The van der Waals surface area contributed by atoms with Crippen molar-refractivity contribution < 1.29 is 0 Å². The number of hydrogen-bond acceptors (Lipinski definition) is 0. The average Bonchev–Trinajstić information content (AvgIpc) is 3.67. The maximum absolute atomic E-state index is 2.33. The van der Waals surface area contributed by atoms with Gasteiger partial charge < -0.3 is 0 Å². The third-order valence-electron chi connectivity index (χ3n) is 9.10. The summed E-state index contributed by atoms with van der Waals surface area (Å²) in [4.78, 5) is 0. The minimum Gasteiger partial charge on any atom is -0.0619 e. The molecule has 0 bridgehead atoms. The predicted octanol–water partition coefficient (Wildman–Crippen LogP) is 10.3. The minimum atomic E-state index is 0.460. The third-order valence-corrected chi connectivity index (χ3v) is 9.10. The molecule has 9 rings (SSSR count). The van der Waals surface area contributed by atoms with Crippen LogP contribution in [-0.4, -0.2) is 0 Å². The van der Waals surface area contributed by atoms with Crippen LogP contribution in [0, 0.1) is 0 Å². The number of benzene rings is 6. The fourth-order valence-electron chi connectivity index (χ4n) is 7.34. The molecule has 0 radical (unpaired) electrons. The van der Waals surface area contributed by atoms with Gasteiger partial charge in [-0.15, -0.1) is 0 Å². The van der Waals surface area contributed by atoms with Gasteiger partial charge in [-0.3, -0.25) is 0 Å². The molecule has 3 aliphatic rings. The van der Waals surface area contributed by atoms with Gasteiger partial charge in [0, 0.05) is 11.8 Å². The molecule has 0 heterocycles. The van der Waals surface area contributed by atoms with Crippen LogP contribution in [0.2, 0.25) is 0 Å². The molecule has 40 heavy (non-hydrogen) atoms. The fraction of sp³-hybridized carbons (Fsp3) is 0.100. The molecule has 6 aromatic carbocycles. The highest BCUT2D eigenvalue weighted by Crippen LogP contribution is 2.53. The Morgan fingerprint density at radius 2 is 0.600 bits per heavy atom. The van der Waals surface area contributed by atoms with E-state index >= 15 is 0 Å². The minimum absolute atomic E-state index is 0.460. The molecule has 0 atom stereocenters. The Morgan fingerprint density at radius 1 is 0.325 bits per heavy atom. The van der Waals surface area contributed by atoms with Crippen LogP contribution in [0.4, 0.5) is 0 Å². The first-order chi connectivity index (χ1) is 19.9. The summed E-state index contributed by atoms with van der Waals surface area (Å²) in [5.41, 5.74) is 17.4. The van der Waals surface area contributed by atoms with E-state index in [1.165, 1.54) is 66.8 Å². The lowest BCUT2D eigenvalue weighted by Crippen LogP contribution is -2.05. The average molecular weight is 511 g/mol. The molecule has 0 saturated heterocycles. The Morgan fingerprint density at radius 3 is 0.950 bits per heavy atom. The molecule has 0 aliphatic heterocycles. The monoisotopic (exact) mass is 510 g/mol. The first kappa shape index (κ1) is 23.2. The number of hydrogen-bond donors (Lipinski definition) is 0. The van der Waals surface area contributed by atoms with Crippen molar-refractivity contribution >= 4 is 0 Å². The fourth-order valence-corrected chi connectivity index (χ4v) is 7.34. The lowest BCUT2D eigenvalue weighted by molar-refractivity contribution is 0.663. The summed E-state index contributed by atoms with van der Waals surface area (Å²) < 4.78 is 0. The van der Waals surface area contributed by atoms with Crippen molar-refractivity contribution in [1.82, 2.24) is 0 Å². The highest BCUT2D eigenvalue weighted by atomic mass is 14.4. The van der Waals surface area contributed by atoms with Crippen molar-refractivity contribution in [3.05, 3.63) is 179 Å². The second kappa shape index (κ2) is 9.50. The Balaban J connectivity index is 0.000000158. The molecule has 0 fully saturated rings. The van der Waals surface area contributed by atoms with E-state index in [1.54, 1.807) is 0 Å². The van der Waals surface area contributed by atoms with Gasteiger partial charge in [-0.2, -0.15) is 0 Å². The molecule has 0 nitrogen and oxygen atoms in total. The van der Waals surface area contributed by atoms with Gasteiger partial charge >= 0.3 is 0 Å². The van der Waals surface area contributed by atoms with Gasteiger partial charge in [-0.1, -0.05) is 146 Å². The van der Waals surface area contributed by atoms with Gasteiger partial charge in [-0.05, 0) is 79.6 Å². The van der Waals surface area contributed by atoms with Gasteiger partial charge in [0.05, 0.1) is 0 Å². The molecule has 0 spiro atoms. The molecule has 0 N–H and O–H groups in total. The lowest BCUT2D eigenvalue weighted by atomic mass is 9.82. The molecule has 0 saturated carbocycles. The second-order valence-electron chi connectivity index (χ2n) is 11.2. The highest BCUT2D eigenvalue weighted by molar-refractivity contribution is 5.81. The lowest BCUT2D eigenvalue weighted by Gasteiger charge is -2.20. The predicted molar refractivity (Wildman–Crippen MR) is 167 cm³/mol. The van der Waals surface area contributed by atoms with E-state index in [2.05, 4.69) is 146 Å². The highest BCUT2D eigenvalue weighted by Gasteiger charge is 2.35. The molecule has 3 aliphatic carbocycles. The molecule has 190 valence electrons. The molecule has 0 amide bonds. The largest absolute Gasteiger partial charge is 0.0619 e. The molecular weight excluding hydrogens is 480 g/mol. The van der Waals surface area contributed by atoms with Crippen LogP contribution in [0.1, 0.15) is 51.6 Å². The van der Waals surface area contributed by atoms with Crippen molar-refractivity contribution in [1.29, 1.82) is 0 Å². The van der Waals surface area contributed by atoms with Gasteiger partial charge in [-0.25, -0.2) is 0 Å². The van der Waals surface area contributed by atoms with Gasteiger partial charge in [0.1, 0.15) is 0 Å². The molecule has 0 aromatic heterocycles. The zero-order valence-electron chi connectivity index (χ0n) is 22.4. The van der Waals surface area contributed by atoms with E-state index in [9.17, 15) is 0 Å². The number of fused-ring (bicyclic) bond motifs is 9. The Hall–Kier alpha value is -4.68. The van der Waals surface area contributed by atoms with Gasteiger partial charge in [0.15, 0.2) is 0 Å². The molecule has 0 heteroatoms. The second-order valence-corrected chi connectivity index (χ2v) is 11.2. The molecule has 0 unspecified atom stereocenters. The van der Waals surface area contributed by atoms with Gasteiger partial charge in [0.2, 0.25) is 0 Å². The first-order valence-electron chi connectivity index (χ1n) is 14.4. The molecular formula is C40H30. The topological polar surface area (TPSA) is 0 Å². The normalized spacial score (nSPS) is 13.8. The summed E-state index contributed by atoms with van der Waals surface area (Å²) in [6.07, 6.45) is 2.23. The molecule has 6 aromatic rings. The van der Waals surface area contributed by atoms with Crippen LogP contribution in [0.25, 0.3) is 33.4 Å². The Kier molecular flexibility index (Phi) is 5.52. The van der Waals surface area contributed by atoms with E-state index in [1.807, 2.05) is 0 Å². The van der Waals surface area contributed by atoms with Crippen molar-refractivity contribution in [2.75, 3.05) is 0 Å². The maximum Gasteiger partial charge on any atom is 0.0111 e. The van der Waals surface area contributed by atoms with E-state index in [0.717, 1.165) is 12.8 Å². The summed E-state index contributed by atoms with van der Waals surface area (Å²) in [6.45, 7) is 0. The first-order valence-corrected chi connectivity index (χ1v) is 14.4. The quantitative estimate of drug-likeness (QED) is 0.217. The van der Waals surface area contributed by atoms with Crippen LogP contribution >= 0.6 is 0 Å². The van der Waals surface area contributed by atoms with Gasteiger partial charge in [0.25, 0.3) is 0 Å².